The first-order chi connectivity index (χ1) is 8.27. The molecule has 0 unspecified atom stereocenters. The van der Waals surface area contributed by atoms with Crippen LogP contribution in [0.15, 0.2) is 18.2 Å². The first-order valence-electron chi connectivity index (χ1n) is 6.22. The molecule has 0 fully saturated rings. The van der Waals surface area contributed by atoms with Crippen molar-refractivity contribution < 1.29 is 9.47 Å². The summed E-state index contributed by atoms with van der Waals surface area (Å²) in [7, 11) is 0. The molecule has 2 N–H and O–H groups in total. The van der Waals surface area contributed by atoms with E-state index in [0.29, 0.717) is 26.4 Å². The van der Waals surface area contributed by atoms with Gasteiger partial charge in [0.25, 0.3) is 0 Å². The number of ether oxygens (including phenoxy) is 2. The second-order valence-electron chi connectivity index (χ2n) is 4.13. The molecule has 0 saturated carbocycles. The van der Waals surface area contributed by atoms with E-state index in [9.17, 15) is 0 Å². The zero-order valence-corrected chi connectivity index (χ0v) is 10.9. The highest BCUT2D eigenvalue weighted by Crippen LogP contribution is 2.11. The van der Waals surface area contributed by atoms with Crippen LogP contribution in [0.3, 0.4) is 0 Å². The summed E-state index contributed by atoms with van der Waals surface area (Å²) in [4.78, 5) is 0. The highest BCUT2D eigenvalue weighted by molar-refractivity contribution is 5.30. The molecule has 0 aromatic heterocycles. The Morgan fingerprint density at radius 1 is 1.12 bits per heavy atom. The second-order valence-corrected chi connectivity index (χ2v) is 4.13. The zero-order chi connectivity index (χ0) is 12.5. The van der Waals surface area contributed by atoms with Gasteiger partial charge in [0.05, 0.1) is 19.8 Å². The average molecular weight is 237 g/mol. The molecule has 0 radical (unpaired) electrons. The Labute approximate surface area is 104 Å². The van der Waals surface area contributed by atoms with E-state index in [1.165, 1.54) is 11.1 Å². The van der Waals surface area contributed by atoms with Gasteiger partial charge < -0.3 is 15.2 Å². The highest BCUT2D eigenvalue weighted by atomic mass is 16.5. The van der Waals surface area contributed by atoms with Gasteiger partial charge in [0.1, 0.15) is 0 Å². The van der Waals surface area contributed by atoms with Crippen LogP contribution in [0.25, 0.3) is 0 Å². The summed E-state index contributed by atoms with van der Waals surface area (Å²) < 4.78 is 10.9. The predicted octanol–water partition coefficient (Wildman–Crippen LogP) is 2.40. The Morgan fingerprint density at radius 2 is 1.88 bits per heavy atom. The van der Waals surface area contributed by atoms with Crippen molar-refractivity contribution in [3.05, 3.63) is 34.9 Å². The number of rotatable bonds is 8. The summed E-state index contributed by atoms with van der Waals surface area (Å²) in [6.45, 7) is 7.56. The van der Waals surface area contributed by atoms with Crippen LogP contribution in [0.2, 0.25) is 0 Å². The number of hydrogen-bond acceptors (Lipinski definition) is 3. The van der Waals surface area contributed by atoms with Crippen LogP contribution in [0.5, 0.6) is 0 Å². The van der Waals surface area contributed by atoms with Gasteiger partial charge in [-0.2, -0.15) is 0 Å². The first-order valence-corrected chi connectivity index (χ1v) is 6.22. The van der Waals surface area contributed by atoms with Crippen LogP contribution >= 0.6 is 0 Å². The minimum absolute atomic E-state index is 0.590. The van der Waals surface area contributed by atoms with Crippen LogP contribution in [0, 0.1) is 6.92 Å². The molecule has 0 aliphatic carbocycles. The minimum Gasteiger partial charge on any atom is -0.379 e. The van der Waals surface area contributed by atoms with E-state index in [4.69, 9.17) is 15.2 Å². The van der Waals surface area contributed by atoms with Crippen molar-refractivity contribution in [2.75, 3.05) is 19.8 Å². The second kappa shape index (κ2) is 8.23. The van der Waals surface area contributed by atoms with Gasteiger partial charge in [-0.1, -0.05) is 25.1 Å². The van der Waals surface area contributed by atoms with Gasteiger partial charge in [0.15, 0.2) is 0 Å². The Hall–Kier alpha value is -0.900. The van der Waals surface area contributed by atoms with Gasteiger partial charge in [-0.3, -0.25) is 0 Å². The summed E-state index contributed by atoms with van der Waals surface area (Å²) in [5.74, 6) is 0. The molecule has 17 heavy (non-hydrogen) atoms. The van der Waals surface area contributed by atoms with Crippen LogP contribution in [-0.2, 0) is 22.6 Å². The summed E-state index contributed by atoms with van der Waals surface area (Å²) >= 11 is 0. The largest absolute Gasteiger partial charge is 0.379 e. The molecule has 0 saturated heterocycles. The topological polar surface area (TPSA) is 44.5 Å². The molecular weight excluding hydrogens is 214 g/mol. The van der Waals surface area contributed by atoms with E-state index < -0.39 is 0 Å². The van der Waals surface area contributed by atoms with Crippen molar-refractivity contribution in [1.82, 2.24) is 0 Å². The average Bonchev–Trinajstić information content (AvgIpc) is 2.35. The standard InChI is InChI=1S/C14H23NO2/c1-3-6-16-7-8-17-11-14-5-4-13(10-15)9-12(14)2/h4-5,9H,3,6-8,10-11,15H2,1-2H3. The quantitative estimate of drug-likeness (QED) is 0.706. The predicted molar refractivity (Wildman–Crippen MR) is 69.8 cm³/mol. The molecule has 0 amide bonds. The third-order valence-corrected chi connectivity index (χ3v) is 2.62. The van der Waals surface area contributed by atoms with Gasteiger partial charge in [0, 0.05) is 13.2 Å². The lowest BCUT2D eigenvalue weighted by Gasteiger charge is -2.09. The van der Waals surface area contributed by atoms with E-state index in [2.05, 4.69) is 32.0 Å². The van der Waals surface area contributed by atoms with Crippen molar-refractivity contribution in [1.29, 1.82) is 0 Å². The molecule has 1 rings (SSSR count). The highest BCUT2D eigenvalue weighted by Gasteiger charge is 1.99. The summed E-state index contributed by atoms with van der Waals surface area (Å²) in [5, 5.41) is 0. The zero-order valence-electron chi connectivity index (χ0n) is 10.9. The van der Waals surface area contributed by atoms with Crippen molar-refractivity contribution in [3.8, 4) is 0 Å². The molecule has 3 nitrogen and oxygen atoms in total. The lowest BCUT2D eigenvalue weighted by Crippen LogP contribution is -2.06. The summed E-state index contributed by atoms with van der Waals surface area (Å²) in [6, 6.07) is 6.26. The van der Waals surface area contributed by atoms with E-state index >= 15 is 0 Å². The molecule has 0 heterocycles. The number of aryl methyl sites for hydroxylation is 1. The SMILES string of the molecule is CCCOCCOCc1ccc(CN)cc1C. The Kier molecular flexibility index (Phi) is 6.86. The maximum Gasteiger partial charge on any atom is 0.0720 e. The van der Waals surface area contributed by atoms with Crippen molar-refractivity contribution in [2.24, 2.45) is 5.73 Å². The summed E-state index contributed by atoms with van der Waals surface area (Å²) in [5.41, 5.74) is 9.21. The first kappa shape index (κ1) is 14.2. The number of benzene rings is 1. The number of hydrogen-bond donors (Lipinski definition) is 1. The molecule has 0 aliphatic heterocycles. The van der Waals surface area contributed by atoms with Crippen molar-refractivity contribution in [2.45, 2.75) is 33.4 Å². The maximum atomic E-state index is 5.59. The Bertz CT molecular complexity index is 326. The molecule has 3 heteroatoms. The molecule has 1 aromatic carbocycles. The van der Waals surface area contributed by atoms with Gasteiger partial charge in [0.2, 0.25) is 0 Å². The Balaban J connectivity index is 2.27. The third kappa shape index (κ3) is 5.31. The Morgan fingerprint density at radius 3 is 2.53 bits per heavy atom. The van der Waals surface area contributed by atoms with Gasteiger partial charge >= 0.3 is 0 Å². The maximum absolute atomic E-state index is 5.59. The fourth-order valence-electron chi connectivity index (χ4n) is 1.59. The van der Waals surface area contributed by atoms with E-state index in [1.807, 2.05) is 0 Å². The van der Waals surface area contributed by atoms with E-state index in [0.717, 1.165) is 18.6 Å². The van der Waals surface area contributed by atoms with Crippen LogP contribution in [-0.4, -0.2) is 19.8 Å². The molecule has 0 atom stereocenters. The van der Waals surface area contributed by atoms with Crippen LogP contribution in [0.4, 0.5) is 0 Å². The molecule has 1 aromatic rings. The van der Waals surface area contributed by atoms with Crippen molar-refractivity contribution in [3.63, 3.8) is 0 Å². The molecule has 96 valence electrons. The third-order valence-electron chi connectivity index (χ3n) is 2.62. The van der Waals surface area contributed by atoms with Crippen molar-refractivity contribution >= 4 is 0 Å². The van der Waals surface area contributed by atoms with Crippen LogP contribution in [0.1, 0.15) is 30.0 Å². The lowest BCUT2D eigenvalue weighted by molar-refractivity contribution is 0.0407. The van der Waals surface area contributed by atoms with Gasteiger partial charge in [-0.05, 0) is 30.0 Å². The smallest absolute Gasteiger partial charge is 0.0720 e. The minimum atomic E-state index is 0.590. The monoisotopic (exact) mass is 237 g/mol. The van der Waals surface area contributed by atoms with Crippen LogP contribution < -0.4 is 5.73 Å². The van der Waals surface area contributed by atoms with Gasteiger partial charge in [-0.25, -0.2) is 0 Å². The number of nitrogens with two attached hydrogens (primary N) is 1. The fourth-order valence-corrected chi connectivity index (χ4v) is 1.59. The molecule has 0 aliphatic rings. The van der Waals surface area contributed by atoms with Gasteiger partial charge in [-0.15, -0.1) is 0 Å². The molecule has 0 spiro atoms. The normalized spacial score (nSPS) is 10.8. The van der Waals surface area contributed by atoms with E-state index in [-0.39, 0.29) is 0 Å². The fraction of sp³-hybridized carbons (Fsp3) is 0.571. The molecule has 0 bridgehead atoms. The van der Waals surface area contributed by atoms with E-state index in [1.54, 1.807) is 0 Å². The lowest BCUT2D eigenvalue weighted by atomic mass is 10.1. The molecular formula is C14H23NO2. The summed E-state index contributed by atoms with van der Waals surface area (Å²) in [6.07, 6.45) is 1.06.